The van der Waals surface area contributed by atoms with E-state index >= 15 is 0 Å². The molecule has 0 radical (unpaired) electrons. The monoisotopic (exact) mass is 205 g/mol. The summed E-state index contributed by atoms with van der Waals surface area (Å²) in [5.74, 6) is -0.179. The molecule has 0 aromatic carbocycles. The van der Waals surface area contributed by atoms with Gasteiger partial charge in [-0.1, -0.05) is 0 Å². The van der Waals surface area contributed by atoms with Gasteiger partial charge in [0.15, 0.2) is 0 Å². The summed E-state index contributed by atoms with van der Waals surface area (Å²) < 4.78 is 29.4. The lowest BCUT2D eigenvalue weighted by molar-refractivity contribution is 0.140. The van der Waals surface area contributed by atoms with Crippen molar-refractivity contribution in [2.24, 2.45) is 0 Å². The molecule has 0 fully saturated rings. The van der Waals surface area contributed by atoms with Crippen LogP contribution in [0.5, 0.6) is 5.75 Å². The van der Waals surface area contributed by atoms with Crippen LogP contribution in [0, 0.1) is 0 Å². The molecule has 1 aromatic heterocycles. The van der Waals surface area contributed by atoms with Crippen molar-refractivity contribution in [1.29, 1.82) is 0 Å². The molecule has 0 spiro atoms. The molecule has 0 atom stereocenters. The fourth-order valence-corrected chi connectivity index (χ4v) is 1.13. The molecule has 0 bridgehead atoms. The quantitative estimate of drug-likeness (QED) is 0.767. The number of rotatable bonds is 3. The van der Waals surface area contributed by atoms with Crippen LogP contribution in [0.3, 0.4) is 0 Å². The molecule has 1 aromatic rings. The summed E-state index contributed by atoms with van der Waals surface area (Å²) in [4.78, 5) is 12.8. The first-order chi connectivity index (χ1) is 6.60. The van der Waals surface area contributed by atoms with Gasteiger partial charge in [0.25, 0.3) is 6.43 Å². The van der Waals surface area contributed by atoms with E-state index in [-0.39, 0.29) is 11.3 Å². The number of nitrogens with one attached hydrogen (secondary N) is 1. The molecule has 0 aliphatic rings. The van der Waals surface area contributed by atoms with E-state index in [9.17, 15) is 13.6 Å². The first-order valence-electron chi connectivity index (χ1n) is 3.79. The molecule has 1 rings (SSSR count). The van der Waals surface area contributed by atoms with Crippen LogP contribution >= 0.6 is 0 Å². The number of H-pyrrole nitrogens is 1. The molecular formula is C8H9F2NO3. The Balaban J connectivity index is 3.39. The summed E-state index contributed by atoms with van der Waals surface area (Å²) in [6.07, 6.45) is -2.84. The average molecular weight is 205 g/mol. The van der Waals surface area contributed by atoms with Gasteiger partial charge in [0.05, 0.1) is 13.7 Å². The summed E-state index contributed by atoms with van der Waals surface area (Å²) in [6, 6.07) is 1.02. The van der Waals surface area contributed by atoms with E-state index in [4.69, 9.17) is 5.11 Å². The van der Waals surface area contributed by atoms with E-state index in [1.54, 1.807) is 0 Å². The number of aliphatic hydroxyl groups excluding tert-OH is 1. The second-order valence-electron chi connectivity index (χ2n) is 2.56. The fraction of sp³-hybridized carbons (Fsp3) is 0.375. The number of aliphatic hydroxyl groups is 1. The van der Waals surface area contributed by atoms with Crippen LogP contribution in [0.4, 0.5) is 8.78 Å². The van der Waals surface area contributed by atoms with Gasteiger partial charge in [0, 0.05) is 11.6 Å². The Morgan fingerprint density at radius 3 is 2.71 bits per heavy atom. The second-order valence-corrected chi connectivity index (χ2v) is 2.56. The first-order valence-corrected chi connectivity index (χ1v) is 3.79. The summed E-state index contributed by atoms with van der Waals surface area (Å²) in [6.45, 7) is -0.521. The van der Waals surface area contributed by atoms with Crippen molar-refractivity contribution < 1.29 is 18.6 Å². The molecule has 78 valence electrons. The minimum absolute atomic E-state index is 0.0477. The van der Waals surface area contributed by atoms with Crippen molar-refractivity contribution >= 4 is 0 Å². The highest BCUT2D eigenvalue weighted by atomic mass is 19.3. The highest BCUT2D eigenvalue weighted by Gasteiger charge is 2.18. The van der Waals surface area contributed by atoms with Gasteiger partial charge in [-0.05, 0) is 0 Å². The normalized spacial score (nSPS) is 10.6. The Hall–Kier alpha value is -1.43. The summed E-state index contributed by atoms with van der Waals surface area (Å²) in [5.41, 5.74) is -1.25. The average Bonchev–Trinajstić information content (AvgIpc) is 2.16. The molecule has 0 saturated carbocycles. The molecule has 1 heterocycles. The molecule has 14 heavy (non-hydrogen) atoms. The predicted molar refractivity (Wildman–Crippen MR) is 44.5 cm³/mol. The summed E-state index contributed by atoms with van der Waals surface area (Å²) in [5, 5.41) is 8.80. The molecule has 4 nitrogen and oxygen atoms in total. The smallest absolute Gasteiger partial charge is 0.282 e. The third-order valence-corrected chi connectivity index (χ3v) is 1.69. The Morgan fingerprint density at radius 1 is 1.64 bits per heavy atom. The molecule has 0 amide bonds. The third-order valence-electron chi connectivity index (χ3n) is 1.69. The zero-order valence-electron chi connectivity index (χ0n) is 7.38. The number of pyridine rings is 1. The Kier molecular flexibility index (Phi) is 3.19. The van der Waals surface area contributed by atoms with E-state index in [2.05, 4.69) is 4.74 Å². The molecule has 2 N–H and O–H groups in total. The van der Waals surface area contributed by atoms with Gasteiger partial charge in [0.2, 0.25) is 5.56 Å². The van der Waals surface area contributed by atoms with Crippen LogP contribution in [0.25, 0.3) is 0 Å². The number of ether oxygens (including phenoxy) is 1. The molecule has 0 unspecified atom stereocenters. The number of hydrogen-bond donors (Lipinski definition) is 2. The van der Waals surface area contributed by atoms with Crippen LogP contribution in [0.2, 0.25) is 0 Å². The number of hydrogen-bond acceptors (Lipinski definition) is 3. The van der Waals surface area contributed by atoms with Crippen molar-refractivity contribution in [2.75, 3.05) is 7.11 Å². The van der Waals surface area contributed by atoms with Gasteiger partial charge in [-0.2, -0.15) is 0 Å². The lowest BCUT2D eigenvalue weighted by atomic mass is 10.2. The molecule has 0 saturated heterocycles. The second kappa shape index (κ2) is 4.19. The zero-order chi connectivity index (χ0) is 10.7. The summed E-state index contributed by atoms with van der Waals surface area (Å²) in [7, 11) is 1.19. The Morgan fingerprint density at radius 2 is 2.29 bits per heavy atom. The van der Waals surface area contributed by atoms with Crippen molar-refractivity contribution in [2.45, 2.75) is 13.0 Å². The maximum atomic E-state index is 12.4. The van der Waals surface area contributed by atoms with E-state index in [0.29, 0.717) is 0 Å². The van der Waals surface area contributed by atoms with Crippen LogP contribution in [0.1, 0.15) is 17.7 Å². The van der Waals surface area contributed by atoms with E-state index in [1.165, 1.54) is 7.11 Å². The Bertz CT molecular complexity index is 375. The molecule has 0 aliphatic heterocycles. The van der Waals surface area contributed by atoms with Gasteiger partial charge >= 0.3 is 0 Å². The predicted octanol–water partition coefficient (Wildman–Crippen LogP) is 0.813. The van der Waals surface area contributed by atoms with E-state index in [0.717, 1.165) is 6.07 Å². The van der Waals surface area contributed by atoms with Gasteiger partial charge < -0.3 is 14.8 Å². The minimum Gasteiger partial charge on any atom is -0.494 e. The van der Waals surface area contributed by atoms with Crippen LogP contribution in [-0.2, 0) is 6.61 Å². The van der Waals surface area contributed by atoms with Gasteiger partial charge in [-0.15, -0.1) is 0 Å². The standard InChI is InChI=1S/C8H9F2NO3/c1-14-7-4(3-12)2-5(13)11-6(7)8(9)10/h2,8,12H,3H2,1H3,(H,11,13). The van der Waals surface area contributed by atoms with Crippen molar-refractivity contribution in [3.63, 3.8) is 0 Å². The van der Waals surface area contributed by atoms with Gasteiger partial charge in [0.1, 0.15) is 11.4 Å². The number of methoxy groups -OCH3 is 1. The molecule has 6 heteroatoms. The van der Waals surface area contributed by atoms with E-state index < -0.39 is 24.3 Å². The maximum Gasteiger partial charge on any atom is 0.282 e. The lowest BCUT2D eigenvalue weighted by Gasteiger charge is -2.10. The zero-order valence-corrected chi connectivity index (χ0v) is 7.38. The largest absolute Gasteiger partial charge is 0.494 e. The van der Waals surface area contributed by atoms with Crippen molar-refractivity contribution in [3.05, 3.63) is 27.7 Å². The first kappa shape index (κ1) is 10.6. The number of aromatic amines is 1. The summed E-state index contributed by atoms with van der Waals surface area (Å²) >= 11 is 0. The van der Waals surface area contributed by atoms with E-state index in [1.807, 2.05) is 4.98 Å². The number of halogens is 2. The lowest BCUT2D eigenvalue weighted by Crippen LogP contribution is -2.12. The highest BCUT2D eigenvalue weighted by molar-refractivity contribution is 5.37. The molecule has 0 aliphatic carbocycles. The topological polar surface area (TPSA) is 62.3 Å². The number of alkyl halides is 2. The van der Waals surface area contributed by atoms with Crippen LogP contribution in [0.15, 0.2) is 10.9 Å². The van der Waals surface area contributed by atoms with Crippen molar-refractivity contribution in [1.82, 2.24) is 4.98 Å². The van der Waals surface area contributed by atoms with Gasteiger partial charge in [-0.25, -0.2) is 8.78 Å². The molecular weight excluding hydrogens is 196 g/mol. The third kappa shape index (κ3) is 1.90. The van der Waals surface area contributed by atoms with Crippen molar-refractivity contribution in [3.8, 4) is 5.75 Å². The van der Waals surface area contributed by atoms with Crippen LogP contribution < -0.4 is 10.3 Å². The highest BCUT2D eigenvalue weighted by Crippen LogP contribution is 2.28. The minimum atomic E-state index is -2.84. The Labute approximate surface area is 78.1 Å². The number of aromatic nitrogens is 1. The van der Waals surface area contributed by atoms with Crippen LogP contribution in [-0.4, -0.2) is 17.2 Å². The fourth-order valence-electron chi connectivity index (χ4n) is 1.13. The maximum absolute atomic E-state index is 12.4. The van der Waals surface area contributed by atoms with Gasteiger partial charge in [-0.3, -0.25) is 4.79 Å². The SMILES string of the molecule is COc1c(CO)cc(=O)[nH]c1C(F)F.